The van der Waals surface area contributed by atoms with Crippen LogP contribution in [0.3, 0.4) is 0 Å². The molecule has 0 atom stereocenters. The Morgan fingerprint density at radius 1 is 1.10 bits per heavy atom. The van der Waals surface area contributed by atoms with Gasteiger partial charge < -0.3 is 9.30 Å². The maximum Gasteiger partial charge on any atom is 0.337 e. The SMILES string of the molecule is COC(=O)c1ccc(/C(=C2/C=CC=N2)n2cccc2)cc1. The molecular formula is C17H14N2O2. The van der Waals surface area contributed by atoms with Crippen LogP contribution in [0.25, 0.3) is 5.70 Å². The predicted octanol–water partition coefficient (Wildman–Crippen LogP) is 3.13. The summed E-state index contributed by atoms with van der Waals surface area (Å²) >= 11 is 0. The second kappa shape index (κ2) is 5.63. The molecule has 0 unspecified atom stereocenters. The fourth-order valence-electron chi connectivity index (χ4n) is 2.24. The Balaban J connectivity index is 2.06. The average Bonchev–Trinajstić information content (AvgIpc) is 3.21. The molecule has 2 heterocycles. The van der Waals surface area contributed by atoms with Gasteiger partial charge in [0.15, 0.2) is 0 Å². The van der Waals surface area contributed by atoms with E-state index in [9.17, 15) is 4.79 Å². The predicted molar refractivity (Wildman–Crippen MR) is 82.2 cm³/mol. The Kier molecular flexibility index (Phi) is 3.51. The maximum absolute atomic E-state index is 11.5. The van der Waals surface area contributed by atoms with Gasteiger partial charge in [-0.3, -0.25) is 4.99 Å². The first-order valence-electron chi connectivity index (χ1n) is 6.57. The van der Waals surface area contributed by atoms with Crippen molar-refractivity contribution in [1.82, 2.24) is 4.57 Å². The first kappa shape index (κ1) is 13.1. The second-order valence-electron chi connectivity index (χ2n) is 4.53. The summed E-state index contributed by atoms with van der Waals surface area (Å²) in [6, 6.07) is 11.2. The highest BCUT2D eigenvalue weighted by molar-refractivity contribution is 5.90. The monoisotopic (exact) mass is 278 g/mol. The first-order chi connectivity index (χ1) is 10.3. The summed E-state index contributed by atoms with van der Waals surface area (Å²) in [5, 5.41) is 0. The van der Waals surface area contributed by atoms with Crippen molar-refractivity contribution in [3.8, 4) is 0 Å². The summed E-state index contributed by atoms with van der Waals surface area (Å²) < 4.78 is 6.73. The lowest BCUT2D eigenvalue weighted by Gasteiger charge is -2.12. The smallest absolute Gasteiger partial charge is 0.337 e. The molecule has 4 nitrogen and oxygen atoms in total. The number of allylic oxidation sites excluding steroid dienone is 2. The average molecular weight is 278 g/mol. The van der Waals surface area contributed by atoms with E-state index in [1.165, 1.54) is 7.11 Å². The molecule has 2 aromatic rings. The van der Waals surface area contributed by atoms with E-state index in [-0.39, 0.29) is 5.97 Å². The number of methoxy groups -OCH3 is 1. The quantitative estimate of drug-likeness (QED) is 0.810. The molecule has 4 heteroatoms. The Labute approximate surface area is 122 Å². The lowest BCUT2D eigenvalue weighted by molar-refractivity contribution is 0.0600. The fraction of sp³-hybridized carbons (Fsp3) is 0.0588. The van der Waals surface area contributed by atoms with Gasteiger partial charge >= 0.3 is 5.97 Å². The van der Waals surface area contributed by atoms with Crippen molar-refractivity contribution in [1.29, 1.82) is 0 Å². The van der Waals surface area contributed by atoms with E-state index in [1.54, 1.807) is 18.3 Å². The molecule has 0 radical (unpaired) electrons. The van der Waals surface area contributed by atoms with Crippen molar-refractivity contribution in [2.75, 3.05) is 7.11 Å². The Hall–Kier alpha value is -2.88. The van der Waals surface area contributed by atoms with Crippen LogP contribution in [0.1, 0.15) is 15.9 Å². The molecule has 0 bridgehead atoms. The largest absolute Gasteiger partial charge is 0.465 e. The number of carbonyl (C=O) groups excluding carboxylic acids is 1. The van der Waals surface area contributed by atoms with Crippen LogP contribution < -0.4 is 0 Å². The van der Waals surface area contributed by atoms with Gasteiger partial charge in [-0.05, 0) is 36.4 Å². The summed E-state index contributed by atoms with van der Waals surface area (Å²) in [5.74, 6) is -0.337. The number of rotatable bonds is 3. The minimum Gasteiger partial charge on any atom is -0.465 e. The normalized spacial score (nSPS) is 15.3. The van der Waals surface area contributed by atoms with Crippen LogP contribution in [0.2, 0.25) is 0 Å². The summed E-state index contributed by atoms with van der Waals surface area (Å²) in [6.07, 6.45) is 9.57. The third-order valence-electron chi connectivity index (χ3n) is 3.24. The zero-order valence-electron chi connectivity index (χ0n) is 11.6. The van der Waals surface area contributed by atoms with Gasteiger partial charge in [-0.15, -0.1) is 0 Å². The molecule has 0 saturated carbocycles. The van der Waals surface area contributed by atoms with E-state index >= 15 is 0 Å². The molecule has 0 spiro atoms. The van der Waals surface area contributed by atoms with E-state index in [1.807, 2.05) is 53.4 Å². The van der Waals surface area contributed by atoms with Gasteiger partial charge in [0, 0.05) is 24.2 Å². The number of esters is 1. The number of aromatic nitrogens is 1. The van der Waals surface area contributed by atoms with Gasteiger partial charge in [-0.2, -0.15) is 0 Å². The topological polar surface area (TPSA) is 43.6 Å². The van der Waals surface area contributed by atoms with Crippen molar-refractivity contribution in [3.05, 3.63) is 77.8 Å². The van der Waals surface area contributed by atoms with Crippen molar-refractivity contribution in [2.45, 2.75) is 0 Å². The highest BCUT2D eigenvalue weighted by atomic mass is 16.5. The lowest BCUT2D eigenvalue weighted by Crippen LogP contribution is -2.03. The first-order valence-corrected chi connectivity index (χ1v) is 6.57. The lowest BCUT2D eigenvalue weighted by atomic mass is 10.1. The molecule has 1 aliphatic rings. The standard InChI is InChI=1S/C17H14N2O2/c1-21-17(20)14-8-6-13(7-9-14)16(15-5-4-10-18-15)19-11-2-3-12-19/h2-12H,1H3/b16-15+. The Morgan fingerprint density at radius 3 is 2.33 bits per heavy atom. The van der Waals surface area contributed by atoms with E-state index in [2.05, 4.69) is 4.99 Å². The number of nitrogens with zero attached hydrogens (tertiary/aromatic N) is 2. The molecule has 3 rings (SSSR count). The number of hydrogen-bond donors (Lipinski definition) is 0. The van der Waals surface area contributed by atoms with Crippen molar-refractivity contribution >= 4 is 17.9 Å². The number of aliphatic imine (C=N–C) groups is 1. The molecule has 0 N–H and O–H groups in total. The maximum atomic E-state index is 11.5. The van der Waals surface area contributed by atoms with Crippen molar-refractivity contribution in [3.63, 3.8) is 0 Å². The highest BCUT2D eigenvalue weighted by Gasteiger charge is 2.12. The molecule has 0 fully saturated rings. The van der Waals surface area contributed by atoms with Crippen LogP contribution in [0, 0.1) is 0 Å². The second-order valence-corrected chi connectivity index (χ2v) is 4.53. The molecule has 0 amide bonds. The van der Waals surface area contributed by atoms with Crippen molar-refractivity contribution in [2.24, 2.45) is 4.99 Å². The zero-order valence-corrected chi connectivity index (χ0v) is 11.6. The third-order valence-corrected chi connectivity index (χ3v) is 3.24. The van der Waals surface area contributed by atoms with Gasteiger partial charge in [0.05, 0.1) is 24.1 Å². The van der Waals surface area contributed by atoms with E-state index < -0.39 is 0 Å². The van der Waals surface area contributed by atoms with Crippen molar-refractivity contribution < 1.29 is 9.53 Å². The van der Waals surface area contributed by atoms with E-state index in [0.29, 0.717) is 5.56 Å². The molecule has 104 valence electrons. The van der Waals surface area contributed by atoms with Gasteiger partial charge in [-0.1, -0.05) is 12.1 Å². The van der Waals surface area contributed by atoms with Gasteiger partial charge in [0.1, 0.15) is 0 Å². The summed E-state index contributed by atoms with van der Waals surface area (Å²) in [6.45, 7) is 0. The number of hydrogen-bond acceptors (Lipinski definition) is 3. The Morgan fingerprint density at radius 2 is 1.76 bits per heavy atom. The molecular weight excluding hydrogens is 264 g/mol. The summed E-state index contributed by atoms with van der Waals surface area (Å²) in [7, 11) is 1.38. The van der Waals surface area contributed by atoms with E-state index in [0.717, 1.165) is 17.0 Å². The van der Waals surface area contributed by atoms with Crippen LogP contribution >= 0.6 is 0 Å². The minimum absolute atomic E-state index is 0.337. The number of benzene rings is 1. The molecule has 21 heavy (non-hydrogen) atoms. The van der Waals surface area contributed by atoms with Gasteiger partial charge in [0.25, 0.3) is 0 Å². The fourth-order valence-corrected chi connectivity index (χ4v) is 2.24. The summed E-state index contributed by atoms with van der Waals surface area (Å²) in [4.78, 5) is 15.9. The zero-order chi connectivity index (χ0) is 14.7. The molecule has 0 saturated heterocycles. The summed E-state index contributed by atoms with van der Waals surface area (Å²) in [5.41, 5.74) is 3.37. The van der Waals surface area contributed by atoms with Crippen LogP contribution in [-0.4, -0.2) is 23.9 Å². The van der Waals surface area contributed by atoms with Crippen LogP contribution in [0.4, 0.5) is 0 Å². The Bertz CT molecular complexity index is 722. The number of ether oxygens (including phenoxy) is 1. The van der Waals surface area contributed by atoms with Crippen LogP contribution in [0.5, 0.6) is 0 Å². The highest BCUT2D eigenvalue weighted by Crippen LogP contribution is 2.25. The molecule has 1 aromatic carbocycles. The van der Waals surface area contributed by atoms with Crippen LogP contribution in [-0.2, 0) is 4.74 Å². The van der Waals surface area contributed by atoms with E-state index in [4.69, 9.17) is 4.74 Å². The van der Waals surface area contributed by atoms with Crippen LogP contribution in [0.15, 0.2) is 71.6 Å². The number of carbonyl (C=O) groups is 1. The molecule has 1 aliphatic heterocycles. The minimum atomic E-state index is -0.337. The van der Waals surface area contributed by atoms with Gasteiger partial charge in [0.2, 0.25) is 0 Å². The molecule has 0 aliphatic carbocycles. The third kappa shape index (κ3) is 2.56. The molecule has 1 aromatic heterocycles. The van der Waals surface area contributed by atoms with Gasteiger partial charge in [-0.25, -0.2) is 4.79 Å².